The molecule has 3 heteroatoms. The molecule has 0 amide bonds. The highest BCUT2D eigenvalue weighted by Gasteiger charge is 2.15. The lowest BCUT2D eigenvalue weighted by atomic mass is 10.0. The van der Waals surface area contributed by atoms with Gasteiger partial charge in [-0.25, -0.2) is 0 Å². The van der Waals surface area contributed by atoms with Gasteiger partial charge in [0.1, 0.15) is 17.6 Å². The van der Waals surface area contributed by atoms with Crippen LogP contribution in [0.15, 0.2) is 16.5 Å². The second kappa shape index (κ2) is 6.01. The Morgan fingerprint density at radius 3 is 2.29 bits per heavy atom. The average molecular weight is 236 g/mol. The van der Waals surface area contributed by atoms with Gasteiger partial charge in [0.2, 0.25) is 0 Å². The van der Waals surface area contributed by atoms with Crippen LogP contribution in [0, 0.1) is 0 Å². The van der Waals surface area contributed by atoms with Gasteiger partial charge in [-0.2, -0.15) is 0 Å². The maximum absolute atomic E-state index is 11.6. The van der Waals surface area contributed by atoms with Crippen molar-refractivity contribution in [1.82, 2.24) is 0 Å². The maximum atomic E-state index is 11.6. The number of fused-ring (bicyclic) bond motifs is 2. The summed E-state index contributed by atoms with van der Waals surface area (Å²) in [5.74, 6) is 2.05. The number of ketones is 1. The van der Waals surface area contributed by atoms with Gasteiger partial charge in [0.15, 0.2) is 5.78 Å². The Bertz CT molecular complexity index is 367. The molecule has 2 heterocycles. The van der Waals surface area contributed by atoms with Gasteiger partial charge in [0.05, 0.1) is 0 Å². The first kappa shape index (κ1) is 12.4. The Morgan fingerprint density at radius 2 is 1.59 bits per heavy atom. The Balaban J connectivity index is 1.95. The van der Waals surface area contributed by atoms with Crippen LogP contribution < -0.4 is 0 Å². The first-order chi connectivity index (χ1) is 8.25. The van der Waals surface area contributed by atoms with Crippen LogP contribution >= 0.6 is 0 Å². The third-order valence-corrected chi connectivity index (χ3v) is 3.34. The second-order valence-corrected chi connectivity index (χ2v) is 4.80. The van der Waals surface area contributed by atoms with Gasteiger partial charge in [0, 0.05) is 19.3 Å². The quantitative estimate of drug-likeness (QED) is 0.753. The van der Waals surface area contributed by atoms with E-state index in [4.69, 9.17) is 4.42 Å². The number of hydrogen-bond donors (Lipinski definition) is 1. The summed E-state index contributed by atoms with van der Waals surface area (Å²) in [6, 6.07) is 4.08. The summed E-state index contributed by atoms with van der Waals surface area (Å²) in [4.78, 5) is 11.6. The van der Waals surface area contributed by atoms with Crippen LogP contribution in [-0.2, 0) is 17.6 Å². The third kappa shape index (κ3) is 3.70. The van der Waals surface area contributed by atoms with Crippen LogP contribution in [-0.4, -0.2) is 17.0 Å². The minimum absolute atomic E-state index is 0.00326. The number of aliphatic hydroxyl groups excluding tert-OH is 1. The molecule has 0 aromatic carbocycles. The number of Topliss-reactive ketones (excluding diaryl/α,β-unsaturated/α-hetero) is 1. The van der Waals surface area contributed by atoms with Gasteiger partial charge < -0.3 is 9.52 Å². The van der Waals surface area contributed by atoms with E-state index in [2.05, 4.69) is 0 Å². The highest BCUT2D eigenvalue weighted by Crippen LogP contribution is 2.16. The monoisotopic (exact) mass is 236 g/mol. The molecule has 17 heavy (non-hydrogen) atoms. The van der Waals surface area contributed by atoms with Crippen molar-refractivity contribution in [3.05, 3.63) is 23.7 Å². The zero-order valence-corrected chi connectivity index (χ0v) is 10.2. The van der Waals surface area contributed by atoms with E-state index in [1.54, 1.807) is 0 Å². The molecule has 1 unspecified atom stereocenters. The summed E-state index contributed by atoms with van der Waals surface area (Å²) in [6.07, 6.45) is 5.77. The van der Waals surface area contributed by atoms with E-state index in [1.807, 2.05) is 12.1 Å². The first-order valence-electron chi connectivity index (χ1n) is 6.54. The number of carbonyl (C=O) groups excluding carboxylic acids is 1. The number of aliphatic hydroxyl groups is 1. The highest BCUT2D eigenvalue weighted by atomic mass is 16.3. The molecule has 1 aromatic rings. The third-order valence-electron chi connectivity index (χ3n) is 3.34. The van der Waals surface area contributed by atoms with Gasteiger partial charge in [-0.3, -0.25) is 4.79 Å². The van der Waals surface area contributed by atoms with E-state index in [-0.39, 0.29) is 5.78 Å². The van der Waals surface area contributed by atoms with E-state index < -0.39 is 6.10 Å². The topological polar surface area (TPSA) is 50.4 Å². The fourth-order valence-corrected chi connectivity index (χ4v) is 2.25. The molecule has 2 rings (SSSR count). The normalized spacial score (nSPS) is 23.6. The molecular weight excluding hydrogens is 216 g/mol. The molecule has 0 saturated heterocycles. The fraction of sp³-hybridized carbons (Fsp3) is 0.643. The first-order valence-corrected chi connectivity index (χ1v) is 6.54. The molecule has 1 aromatic heterocycles. The number of rotatable bonds is 0. The minimum atomic E-state index is -0.748. The standard InChI is InChI=1S/C14H20O3/c15-13-7-3-1-5-11-9-10-12(17-11)6-2-4-8-14(13)16/h9-10,13,15H,1-8H2. The van der Waals surface area contributed by atoms with Gasteiger partial charge in [0.25, 0.3) is 0 Å². The van der Waals surface area contributed by atoms with Crippen molar-refractivity contribution in [1.29, 1.82) is 0 Å². The zero-order chi connectivity index (χ0) is 12.1. The number of carbonyl (C=O) groups is 1. The predicted molar refractivity (Wildman–Crippen MR) is 64.8 cm³/mol. The lowest BCUT2D eigenvalue weighted by Gasteiger charge is -2.08. The van der Waals surface area contributed by atoms with Crippen molar-refractivity contribution in [2.75, 3.05) is 0 Å². The number of hydrogen-bond acceptors (Lipinski definition) is 3. The van der Waals surface area contributed by atoms with Crippen LogP contribution in [0.2, 0.25) is 0 Å². The molecule has 0 saturated carbocycles. The molecule has 1 aliphatic rings. The summed E-state index contributed by atoms with van der Waals surface area (Å²) in [5.41, 5.74) is 0. The van der Waals surface area contributed by atoms with Crippen molar-refractivity contribution in [2.24, 2.45) is 0 Å². The van der Waals surface area contributed by atoms with Crippen LogP contribution in [0.4, 0.5) is 0 Å². The lowest BCUT2D eigenvalue weighted by Crippen LogP contribution is -2.19. The summed E-state index contributed by atoms with van der Waals surface area (Å²) in [6.45, 7) is 0. The number of aryl methyl sites for hydroxylation is 2. The molecule has 1 N–H and O–H groups in total. The van der Waals surface area contributed by atoms with Gasteiger partial charge in [-0.15, -0.1) is 0 Å². The van der Waals surface area contributed by atoms with Gasteiger partial charge in [-0.05, 0) is 44.2 Å². The summed E-state index contributed by atoms with van der Waals surface area (Å²) in [5, 5.41) is 9.66. The van der Waals surface area contributed by atoms with Gasteiger partial charge >= 0.3 is 0 Å². The molecule has 0 spiro atoms. The van der Waals surface area contributed by atoms with Crippen molar-refractivity contribution >= 4 is 5.78 Å². The van der Waals surface area contributed by atoms with E-state index in [1.165, 1.54) is 0 Å². The van der Waals surface area contributed by atoms with E-state index in [0.717, 1.165) is 50.0 Å². The van der Waals surface area contributed by atoms with Crippen molar-refractivity contribution in [3.8, 4) is 0 Å². The van der Waals surface area contributed by atoms with Crippen LogP contribution in [0.5, 0.6) is 0 Å². The van der Waals surface area contributed by atoms with Crippen molar-refractivity contribution in [2.45, 2.75) is 57.5 Å². The van der Waals surface area contributed by atoms with E-state index in [0.29, 0.717) is 12.8 Å². The zero-order valence-electron chi connectivity index (χ0n) is 10.2. The molecule has 1 aliphatic heterocycles. The smallest absolute Gasteiger partial charge is 0.161 e. The van der Waals surface area contributed by atoms with E-state index in [9.17, 15) is 9.90 Å². The fourth-order valence-electron chi connectivity index (χ4n) is 2.25. The molecule has 0 aliphatic carbocycles. The largest absolute Gasteiger partial charge is 0.466 e. The average Bonchev–Trinajstić information content (AvgIpc) is 2.77. The van der Waals surface area contributed by atoms with Crippen molar-refractivity contribution < 1.29 is 14.3 Å². The molecule has 94 valence electrons. The van der Waals surface area contributed by atoms with E-state index >= 15 is 0 Å². The molecular formula is C14H20O3. The maximum Gasteiger partial charge on any atom is 0.161 e. The number of furan rings is 1. The summed E-state index contributed by atoms with van der Waals surface area (Å²) < 4.78 is 5.70. The molecule has 0 radical (unpaired) electrons. The molecule has 2 bridgehead atoms. The summed E-state index contributed by atoms with van der Waals surface area (Å²) >= 11 is 0. The van der Waals surface area contributed by atoms with Crippen LogP contribution in [0.3, 0.4) is 0 Å². The predicted octanol–water partition coefficient (Wildman–Crippen LogP) is 2.65. The minimum Gasteiger partial charge on any atom is -0.466 e. The Labute approximate surface area is 102 Å². The highest BCUT2D eigenvalue weighted by molar-refractivity contribution is 5.82. The van der Waals surface area contributed by atoms with Crippen LogP contribution in [0.25, 0.3) is 0 Å². The van der Waals surface area contributed by atoms with Gasteiger partial charge in [-0.1, -0.05) is 0 Å². The lowest BCUT2D eigenvalue weighted by molar-refractivity contribution is -0.127. The molecule has 0 fully saturated rings. The SMILES string of the molecule is O=C1CCCCc2ccc(o2)CCCCC1O. The molecule has 1 atom stereocenters. The van der Waals surface area contributed by atoms with Crippen LogP contribution in [0.1, 0.15) is 50.0 Å². The Hall–Kier alpha value is -1.09. The second-order valence-electron chi connectivity index (χ2n) is 4.80. The Kier molecular flexibility index (Phi) is 4.37. The summed E-state index contributed by atoms with van der Waals surface area (Å²) in [7, 11) is 0. The van der Waals surface area contributed by atoms with Crippen molar-refractivity contribution in [3.63, 3.8) is 0 Å². The Morgan fingerprint density at radius 1 is 1.00 bits per heavy atom. The molecule has 3 nitrogen and oxygen atoms in total.